The van der Waals surface area contributed by atoms with Crippen LogP contribution in [0.25, 0.3) is 0 Å². The van der Waals surface area contributed by atoms with Crippen LogP contribution in [0.4, 0.5) is 0 Å². The predicted molar refractivity (Wildman–Crippen MR) is 70.8 cm³/mol. The minimum absolute atomic E-state index is 0.145. The van der Waals surface area contributed by atoms with Gasteiger partial charge in [0.25, 0.3) is 0 Å². The van der Waals surface area contributed by atoms with E-state index in [2.05, 4.69) is 19.2 Å². The molecule has 3 nitrogen and oxygen atoms in total. The Morgan fingerprint density at radius 1 is 1.33 bits per heavy atom. The highest BCUT2D eigenvalue weighted by atomic mass is 16.2. The molecule has 0 radical (unpaired) electrons. The molecule has 1 saturated heterocycles. The van der Waals surface area contributed by atoms with Crippen LogP contribution in [-0.4, -0.2) is 24.0 Å². The highest BCUT2D eigenvalue weighted by molar-refractivity contribution is 5.85. The molecule has 1 aliphatic carbocycles. The second kappa shape index (κ2) is 4.09. The van der Waals surface area contributed by atoms with Gasteiger partial charge < -0.3 is 4.90 Å². The van der Waals surface area contributed by atoms with Crippen molar-refractivity contribution in [2.24, 2.45) is 11.3 Å². The van der Waals surface area contributed by atoms with E-state index in [1.807, 2.05) is 35.2 Å². The summed E-state index contributed by atoms with van der Waals surface area (Å²) < 4.78 is 0. The minimum Gasteiger partial charge on any atom is -0.328 e. The van der Waals surface area contributed by atoms with Crippen LogP contribution in [0.5, 0.6) is 0 Å². The van der Waals surface area contributed by atoms with Crippen LogP contribution in [0.3, 0.4) is 0 Å². The molecule has 1 saturated carbocycles. The second-order valence-corrected chi connectivity index (χ2v) is 6.16. The standard InChI is InChI=1S/C15H20N2O/c1-15(2)8-12(15)9-17-10-16-13(14(17)18)11-6-4-3-5-7-11/h3-7,12-13,16H,8-10H2,1-2H3. The van der Waals surface area contributed by atoms with E-state index in [4.69, 9.17) is 0 Å². The number of rotatable bonds is 3. The van der Waals surface area contributed by atoms with Crippen LogP contribution >= 0.6 is 0 Å². The van der Waals surface area contributed by atoms with Gasteiger partial charge in [0.2, 0.25) is 5.91 Å². The molecule has 3 rings (SSSR count). The first-order chi connectivity index (χ1) is 8.58. The van der Waals surface area contributed by atoms with Crippen LogP contribution < -0.4 is 5.32 Å². The number of hydrogen-bond donors (Lipinski definition) is 1. The van der Waals surface area contributed by atoms with E-state index in [-0.39, 0.29) is 11.9 Å². The lowest BCUT2D eigenvalue weighted by Crippen LogP contribution is -2.29. The van der Waals surface area contributed by atoms with Crippen LogP contribution in [0.1, 0.15) is 31.9 Å². The van der Waals surface area contributed by atoms with Gasteiger partial charge in [-0.1, -0.05) is 44.2 Å². The van der Waals surface area contributed by atoms with Crippen molar-refractivity contribution in [3.63, 3.8) is 0 Å². The molecule has 0 bridgehead atoms. The molecule has 2 unspecified atom stereocenters. The molecule has 0 aromatic heterocycles. The molecule has 1 aromatic carbocycles. The van der Waals surface area contributed by atoms with Crippen molar-refractivity contribution in [1.82, 2.24) is 10.2 Å². The van der Waals surface area contributed by atoms with E-state index in [0.29, 0.717) is 18.0 Å². The van der Waals surface area contributed by atoms with Gasteiger partial charge in [-0.2, -0.15) is 0 Å². The maximum atomic E-state index is 12.3. The molecule has 1 amide bonds. The van der Waals surface area contributed by atoms with E-state index >= 15 is 0 Å². The second-order valence-electron chi connectivity index (χ2n) is 6.16. The van der Waals surface area contributed by atoms with Gasteiger partial charge in [0.1, 0.15) is 6.04 Å². The normalized spacial score (nSPS) is 29.7. The first-order valence-electron chi connectivity index (χ1n) is 6.65. The van der Waals surface area contributed by atoms with E-state index in [9.17, 15) is 4.79 Å². The fourth-order valence-electron chi connectivity index (χ4n) is 2.76. The maximum Gasteiger partial charge on any atom is 0.245 e. The average molecular weight is 244 g/mol. The van der Waals surface area contributed by atoms with Gasteiger partial charge in [-0.3, -0.25) is 10.1 Å². The molecule has 1 aliphatic heterocycles. The zero-order chi connectivity index (χ0) is 12.8. The Morgan fingerprint density at radius 3 is 2.61 bits per heavy atom. The number of nitrogens with zero attached hydrogens (tertiary/aromatic N) is 1. The predicted octanol–water partition coefficient (Wildman–Crippen LogP) is 2.16. The van der Waals surface area contributed by atoms with Crippen molar-refractivity contribution in [3.05, 3.63) is 35.9 Å². The smallest absolute Gasteiger partial charge is 0.245 e. The van der Waals surface area contributed by atoms with E-state index in [1.165, 1.54) is 6.42 Å². The first kappa shape index (κ1) is 11.7. The summed E-state index contributed by atoms with van der Waals surface area (Å²) in [4.78, 5) is 14.3. The average Bonchev–Trinajstić information content (AvgIpc) is 2.78. The van der Waals surface area contributed by atoms with Crippen LogP contribution in [0.15, 0.2) is 30.3 Å². The molecule has 18 heavy (non-hydrogen) atoms. The van der Waals surface area contributed by atoms with Crippen molar-refractivity contribution >= 4 is 5.91 Å². The lowest BCUT2D eigenvalue weighted by molar-refractivity contribution is -0.129. The molecule has 3 heteroatoms. The number of carbonyl (C=O) groups excluding carboxylic acids is 1. The molecule has 96 valence electrons. The SMILES string of the molecule is CC1(C)CC1CN1CNC(c2ccccc2)C1=O. The van der Waals surface area contributed by atoms with Crippen molar-refractivity contribution in [2.75, 3.05) is 13.2 Å². The lowest BCUT2D eigenvalue weighted by Gasteiger charge is -2.16. The van der Waals surface area contributed by atoms with Crippen molar-refractivity contribution in [2.45, 2.75) is 26.3 Å². The fourth-order valence-corrected chi connectivity index (χ4v) is 2.76. The minimum atomic E-state index is -0.145. The van der Waals surface area contributed by atoms with E-state index in [0.717, 1.165) is 12.1 Å². The molecule has 0 spiro atoms. The van der Waals surface area contributed by atoms with Crippen LogP contribution in [-0.2, 0) is 4.79 Å². The highest BCUT2D eigenvalue weighted by Gasteiger charge is 2.47. The summed E-state index contributed by atoms with van der Waals surface area (Å²) in [5.74, 6) is 0.904. The number of nitrogens with one attached hydrogen (secondary N) is 1. The molecule has 1 aromatic rings. The summed E-state index contributed by atoms with van der Waals surface area (Å²) >= 11 is 0. The van der Waals surface area contributed by atoms with Gasteiger partial charge in [0.15, 0.2) is 0 Å². The molecular formula is C15H20N2O. The van der Waals surface area contributed by atoms with Crippen molar-refractivity contribution < 1.29 is 4.79 Å². The third-order valence-electron chi connectivity index (χ3n) is 4.34. The Balaban J connectivity index is 1.66. The van der Waals surface area contributed by atoms with Gasteiger partial charge in [0, 0.05) is 6.54 Å². The largest absolute Gasteiger partial charge is 0.328 e. The monoisotopic (exact) mass is 244 g/mol. The van der Waals surface area contributed by atoms with Gasteiger partial charge >= 0.3 is 0 Å². The van der Waals surface area contributed by atoms with Gasteiger partial charge in [-0.25, -0.2) is 0 Å². The Kier molecular flexibility index (Phi) is 2.67. The number of amides is 1. The maximum absolute atomic E-state index is 12.3. The molecule has 1 N–H and O–H groups in total. The number of carbonyl (C=O) groups is 1. The molecule has 1 heterocycles. The molecular weight excluding hydrogens is 224 g/mol. The third-order valence-corrected chi connectivity index (χ3v) is 4.34. The fraction of sp³-hybridized carbons (Fsp3) is 0.533. The first-order valence-corrected chi connectivity index (χ1v) is 6.65. The topological polar surface area (TPSA) is 32.3 Å². The van der Waals surface area contributed by atoms with Gasteiger partial charge in [-0.15, -0.1) is 0 Å². The zero-order valence-electron chi connectivity index (χ0n) is 11.0. The highest BCUT2D eigenvalue weighted by Crippen LogP contribution is 2.52. The van der Waals surface area contributed by atoms with Crippen LogP contribution in [0.2, 0.25) is 0 Å². The summed E-state index contributed by atoms with van der Waals surface area (Å²) in [5, 5.41) is 3.31. The van der Waals surface area contributed by atoms with Crippen LogP contribution in [0, 0.1) is 11.3 Å². The number of benzene rings is 1. The lowest BCUT2D eigenvalue weighted by atomic mass is 10.1. The Bertz CT molecular complexity index is 455. The Hall–Kier alpha value is -1.35. The van der Waals surface area contributed by atoms with Crippen molar-refractivity contribution in [3.8, 4) is 0 Å². The quantitative estimate of drug-likeness (QED) is 0.883. The van der Waals surface area contributed by atoms with E-state index in [1.54, 1.807) is 0 Å². The number of hydrogen-bond acceptors (Lipinski definition) is 2. The van der Waals surface area contributed by atoms with Gasteiger partial charge in [0.05, 0.1) is 6.67 Å². The molecule has 2 aliphatic rings. The Labute approximate surface area is 108 Å². The Morgan fingerprint density at radius 2 is 2.00 bits per heavy atom. The summed E-state index contributed by atoms with van der Waals surface area (Å²) in [6.45, 7) is 6.15. The van der Waals surface area contributed by atoms with E-state index < -0.39 is 0 Å². The summed E-state index contributed by atoms with van der Waals surface area (Å²) in [6.07, 6.45) is 1.24. The molecule has 2 atom stereocenters. The summed E-state index contributed by atoms with van der Waals surface area (Å²) in [7, 11) is 0. The van der Waals surface area contributed by atoms with Crippen molar-refractivity contribution in [1.29, 1.82) is 0 Å². The third kappa shape index (κ3) is 2.03. The molecule has 2 fully saturated rings. The summed E-state index contributed by atoms with van der Waals surface area (Å²) in [5.41, 5.74) is 1.51. The summed E-state index contributed by atoms with van der Waals surface area (Å²) in [6, 6.07) is 9.83. The zero-order valence-corrected chi connectivity index (χ0v) is 11.0. The van der Waals surface area contributed by atoms with Gasteiger partial charge in [-0.05, 0) is 23.3 Å².